The van der Waals surface area contributed by atoms with Crippen molar-refractivity contribution < 1.29 is 0 Å². The molecule has 0 bridgehead atoms. The van der Waals surface area contributed by atoms with E-state index < -0.39 is 0 Å². The zero-order valence-electron chi connectivity index (χ0n) is 8.87. The van der Waals surface area contributed by atoms with Gasteiger partial charge in [0.25, 0.3) is 0 Å². The number of rotatable bonds is 4. The predicted octanol–water partition coefficient (Wildman–Crippen LogP) is 2.63. The van der Waals surface area contributed by atoms with E-state index in [0.717, 1.165) is 6.54 Å². The second-order valence-corrected chi connectivity index (χ2v) is 3.93. The van der Waals surface area contributed by atoms with E-state index in [-0.39, 0.29) is 0 Å². The van der Waals surface area contributed by atoms with Crippen LogP contribution in [0.15, 0.2) is 18.3 Å². The van der Waals surface area contributed by atoms with Crippen molar-refractivity contribution >= 4 is 5.82 Å². The summed E-state index contributed by atoms with van der Waals surface area (Å²) in [5, 5.41) is 0. The zero-order valence-corrected chi connectivity index (χ0v) is 8.87. The summed E-state index contributed by atoms with van der Waals surface area (Å²) >= 11 is 0. The summed E-state index contributed by atoms with van der Waals surface area (Å²) in [6.45, 7) is 4.59. The van der Waals surface area contributed by atoms with Gasteiger partial charge in [0.1, 0.15) is 5.82 Å². The number of hydrogen-bond donors (Lipinski definition) is 0. The highest BCUT2D eigenvalue weighted by Crippen LogP contribution is 2.24. The highest BCUT2D eigenvalue weighted by atomic mass is 15.2. The molecule has 1 aliphatic heterocycles. The van der Waals surface area contributed by atoms with Gasteiger partial charge in [-0.1, -0.05) is 25.8 Å². The molecule has 14 heavy (non-hydrogen) atoms. The average Bonchev–Trinajstić information content (AvgIpc) is 2.63. The quantitative estimate of drug-likeness (QED) is 0.678. The van der Waals surface area contributed by atoms with Crippen molar-refractivity contribution in [2.24, 2.45) is 0 Å². The van der Waals surface area contributed by atoms with Crippen LogP contribution >= 0.6 is 0 Å². The number of nitrogens with zero attached hydrogens (tertiary/aromatic N) is 2. The van der Waals surface area contributed by atoms with Gasteiger partial charge in [0.2, 0.25) is 0 Å². The fraction of sp³-hybridized carbons (Fsp3) is 0.583. The van der Waals surface area contributed by atoms with Crippen molar-refractivity contribution in [3.8, 4) is 0 Å². The number of fused-ring (bicyclic) bond motifs is 1. The molecule has 0 atom stereocenters. The largest absolute Gasteiger partial charge is 0.356 e. The minimum absolute atomic E-state index is 1.16. The smallest absolute Gasteiger partial charge is 0.131 e. The molecule has 1 aliphatic rings. The van der Waals surface area contributed by atoms with Gasteiger partial charge in [0.05, 0.1) is 0 Å². The van der Waals surface area contributed by atoms with Crippen LogP contribution < -0.4 is 4.90 Å². The SMILES string of the molecule is CCCCCN1CCc2cccnc21. The Morgan fingerprint density at radius 2 is 2.36 bits per heavy atom. The molecule has 0 N–H and O–H groups in total. The van der Waals surface area contributed by atoms with Crippen molar-refractivity contribution in [2.75, 3.05) is 18.0 Å². The van der Waals surface area contributed by atoms with Gasteiger partial charge in [-0.2, -0.15) is 0 Å². The lowest BCUT2D eigenvalue weighted by atomic mass is 10.2. The minimum atomic E-state index is 1.16. The lowest BCUT2D eigenvalue weighted by Crippen LogP contribution is -2.22. The Bertz CT molecular complexity index is 296. The standard InChI is InChI=1S/C12H18N2/c1-2-3-4-9-14-10-7-11-6-5-8-13-12(11)14/h5-6,8H,2-4,7,9-10H2,1H3. The molecule has 0 unspecified atom stereocenters. The van der Waals surface area contributed by atoms with Crippen LogP contribution in [0.4, 0.5) is 5.82 Å². The summed E-state index contributed by atoms with van der Waals surface area (Å²) in [4.78, 5) is 6.87. The molecule has 1 aromatic heterocycles. The van der Waals surface area contributed by atoms with Gasteiger partial charge < -0.3 is 4.90 Å². The monoisotopic (exact) mass is 190 g/mol. The second kappa shape index (κ2) is 4.45. The number of pyridine rings is 1. The summed E-state index contributed by atoms with van der Waals surface area (Å²) in [7, 11) is 0. The topological polar surface area (TPSA) is 16.1 Å². The van der Waals surface area contributed by atoms with Crippen molar-refractivity contribution in [3.63, 3.8) is 0 Å². The molecule has 2 heteroatoms. The predicted molar refractivity (Wildman–Crippen MR) is 59.7 cm³/mol. The van der Waals surface area contributed by atoms with Crippen LogP contribution in [0.25, 0.3) is 0 Å². The Balaban J connectivity index is 1.96. The first-order valence-electron chi connectivity index (χ1n) is 5.60. The molecule has 76 valence electrons. The molecule has 0 spiro atoms. The zero-order chi connectivity index (χ0) is 9.80. The number of hydrogen-bond acceptors (Lipinski definition) is 2. The van der Waals surface area contributed by atoms with Crippen LogP contribution in [0, 0.1) is 0 Å². The number of aromatic nitrogens is 1. The second-order valence-electron chi connectivity index (χ2n) is 3.93. The van der Waals surface area contributed by atoms with E-state index in [1.807, 2.05) is 12.3 Å². The summed E-state index contributed by atoms with van der Waals surface area (Å²) in [5.41, 5.74) is 1.42. The van der Waals surface area contributed by atoms with Gasteiger partial charge in [-0.15, -0.1) is 0 Å². The number of anilines is 1. The first-order chi connectivity index (χ1) is 6.92. The average molecular weight is 190 g/mol. The Hall–Kier alpha value is -1.05. The van der Waals surface area contributed by atoms with Crippen LogP contribution in [-0.2, 0) is 6.42 Å². The normalized spacial score (nSPS) is 14.5. The maximum Gasteiger partial charge on any atom is 0.131 e. The Morgan fingerprint density at radius 1 is 1.43 bits per heavy atom. The molecule has 0 saturated carbocycles. The maximum absolute atomic E-state index is 4.45. The fourth-order valence-electron chi connectivity index (χ4n) is 2.04. The summed E-state index contributed by atoms with van der Waals surface area (Å²) in [6, 6.07) is 4.23. The summed E-state index contributed by atoms with van der Waals surface area (Å²) < 4.78 is 0. The molecule has 0 aliphatic carbocycles. The van der Waals surface area contributed by atoms with Gasteiger partial charge in [0.15, 0.2) is 0 Å². The van der Waals surface area contributed by atoms with Crippen LogP contribution in [-0.4, -0.2) is 18.1 Å². The lowest BCUT2D eigenvalue weighted by molar-refractivity contribution is 0.685. The van der Waals surface area contributed by atoms with E-state index in [1.165, 1.54) is 43.6 Å². The maximum atomic E-state index is 4.45. The van der Waals surface area contributed by atoms with E-state index >= 15 is 0 Å². The van der Waals surface area contributed by atoms with Crippen LogP contribution in [0.3, 0.4) is 0 Å². The number of unbranched alkanes of at least 4 members (excludes halogenated alkanes) is 2. The van der Waals surface area contributed by atoms with Crippen molar-refractivity contribution in [2.45, 2.75) is 32.6 Å². The molecule has 0 amide bonds. The molecule has 2 rings (SSSR count). The molecule has 0 aromatic carbocycles. The molecule has 0 fully saturated rings. The molecule has 2 heterocycles. The van der Waals surface area contributed by atoms with E-state index in [1.54, 1.807) is 0 Å². The Kier molecular flexibility index (Phi) is 3.02. The summed E-state index contributed by atoms with van der Waals surface area (Å²) in [5.74, 6) is 1.23. The van der Waals surface area contributed by atoms with E-state index in [0.29, 0.717) is 0 Å². The Labute approximate surface area is 86.0 Å². The van der Waals surface area contributed by atoms with Crippen LogP contribution in [0.2, 0.25) is 0 Å². The van der Waals surface area contributed by atoms with Crippen molar-refractivity contribution in [1.29, 1.82) is 0 Å². The first kappa shape index (κ1) is 9.50. The van der Waals surface area contributed by atoms with Crippen LogP contribution in [0.5, 0.6) is 0 Å². The van der Waals surface area contributed by atoms with E-state index in [9.17, 15) is 0 Å². The van der Waals surface area contributed by atoms with Gasteiger partial charge >= 0.3 is 0 Å². The van der Waals surface area contributed by atoms with Crippen molar-refractivity contribution in [1.82, 2.24) is 4.98 Å². The third-order valence-electron chi connectivity index (χ3n) is 2.85. The van der Waals surface area contributed by atoms with E-state index in [2.05, 4.69) is 22.9 Å². The third-order valence-corrected chi connectivity index (χ3v) is 2.85. The highest BCUT2D eigenvalue weighted by molar-refractivity contribution is 5.51. The van der Waals surface area contributed by atoms with E-state index in [4.69, 9.17) is 0 Å². The molecule has 0 radical (unpaired) electrons. The third kappa shape index (κ3) is 1.89. The summed E-state index contributed by atoms with van der Waals surface area (Å²) in [6.07, 6.45) is 7.00. The van der Waals surface area contributed by atoms with Gasteiger partial charge in [-0.25, -0.2) is 4.98 Å². The first-order valence-corrected chi connectivity index (χ1v) is 5.60. The van der Waals surface area contributed by atoms with Gasteiger partial charge in [-0.05, 0) is 24.5 Å². The molecule has 0 saturated heterocycles. The molecule has 2 nitrogen and oxygen atoms in total. The molecular weight excluding hydrogens is 172 g/mol. The fourth-order valence-corrected chi connectivity index (χ4v) is 2.04. The highest BCUT2D eigenvalue weighted by Gasteiger charge is 2.18. The molecular formula is C12H18N2. The molecule has 1 aromatic rings. The van der Waals surface area contributed by atoms with Gasteiger partial charge in [0, 0.05) is 19.3 Å². The van der Waals surface area contributed by atoms with Crippen LogP contribution in [0.1, 0.15) is 31.7 Å². The van der Waals surface area contributed by atoms with Gasteiger partial charge in [-0.3, -0.25) is 0 Å². The Morgan fingerprint density at radius 3 is 3.21 bits per heavy atom. The lowest BCUT2D eigenvalue weighted by Gasteiger charge is -2.17. The van der Waals surface area contributed by atoms with Crippen molar-refractivity contribution in [3.05, 3.63) is 23.9 Å². The minimum Gasteiger partial charge on any atom is -0.356 e.